The molecule has 108 valence electrons. The molecule has 6 nitrogen and oxygen atoms in total. The SMILES string of the molecule is CCC[C@@H](NC(=O)c1cccc(NC(C)=O)c1)C(=O)O. The number of amides is 2. The van der Waals surface area contributed by atoms with Crippen LogP contribution in [0.15, 0.2) is 24.3 Å². The average molecular weight is 278 g/mol. The lowest BCUT2D eigenvalue weighted by atomic mass is 10.1. The highest BCUT2D eigenvalue weighted by Crippen LogP contribution is 2.11. The number of carboxylic acids is 1. The molecule has 0 fully saturated rings. The first-order valence-corrected chi connectivity index (χ1v) is 6.35. The Labute approximate surface area is 117 Å². The van der Waals surface area contributed by atoms with E-state index in [1.54, 1.807) is 18.2 Å². The second-order valence-corrected chi connectivity index (χ2v) is 4.41. The Morgan fingerprint density at radius 2 is 2.00 bits per heavy atom. The van der Waals surface area contributed by atoms with Gasteiger partial charge in [-0.2, -0.15) is 0 Å². The topological polar surface area (TPSA) is 95.5 Å². The van der Waals surface area contributed by atoms with Gasteiger partial charge in [0.05, 0.1) is 0 Å². The molecule has 0 aliphatic carbocycles. The van der Waals surface area contributed by atoms with E-state index >= 15 is 0 Å². The van der Waals surface area contributed by atoms with E-state index in [2.05, 4.69) is 10.6 Å². The number of rotatable bonds is 6. The van der Waals surface area contributed by atoms with Crippen molar-refractivity contribution in [1.82, 2.24) is 5.32 Å². The minimum Gasteiger partial charge on any atom is -0.480 e. The zero-order chi connectivity index (χ0) is 15.1. The van der Waals surface area contributed by atoms with Crippen LogP contribution in [0.4, 0.5) is 5.69 Å². The molecular formula is C14H18N2O4. The molecule has 1 aromatic carbocycles. The molecule has 0 aliphatic rings. The second-order valence-electron chi connectivity index (χ2n) is 4.41. The highest BCUT2D eigenvalue weighted by atomic mass is 16.4. The van der Waals surface area contributed by atoms with Crippen molar-refractivity contribution in [3.63, 3.8) is 0 Å². The summed E-state index contributed by atoms with van der Waals surface area (Å²) in [6.07, 6.45) is 1.02. The van der Waals surface area contributed by atoms with E-state index in [4.69, 9.17) is 5.11 Å². The summed E-state index contributed by atoms with van der Waals surface area (Å²) in [5, 5.41) is 14.0. The Hall–Kier alpha value is -2.37. The van der Waals surface area contributed by atoms with Gasteiger partial charge < -0.3 is 15.7 Å². The van der Waals surface area contributed by atoms with E-state index in [1.807, 2.05) is 6.92 Å². The Morgan fingerprint density at radius 1 is 1.30 bits per heavy atom. The molecule has 0 aliphatic heterocycles. The van der Waals surface area contributed by atoms with Crippen LogP contribution in [0.25, 0.3) is 0 Å². The number of nitrogens with one attached hydrogen (secondary N) is 2. The van der Waals surface area contributed by atoms with Crippen LogP contribution >= 0.6 is 0 Å². The van der Waals surface area contributed by atoms with Gasteiger partial charge in [0.1, 0.15) is 6.04 Å². The predicted molar refractivity (Wildman–Crippen MR) is 74.5 cm³/mol. The summed E-state index contributed by atoms with van der Waals surface area (Å²) in [6, 6.07) is 5.43. The fourth-order valence-corrected chi connectivity index (χ4v) is 1.73. The van der Waals surface area contributed by atoms with Gasteiger partial charge in [0.25, 0.3) is 5.91 Å². The molecule has 0 aromatic heterocycles. The molecule has 0 spiro atoms. The van der Waals surface area contributed by atoms with Crippen LogP contribution in [-0.4, -0.2) is 28.9 Å². The van der Waals surface area contributed by atoms with Gasteiger partial charge in [-0.1, -0.05) is 19.4 Å². The number of carbonyl (C=O) groups is 3. The maximum absolute atomic E-state index is 12.0. The quantitative estimate of drug-likeness (QED) is 0.737. The summed E-state index contributed by atoms with van der Waals surface area (Å²) >= 11 is 0. The number of carbonyl (C=O) groups excluding carboxylic acids is 2. The van der Waals surface area contributed by atoms with Crippen LogP contribution in [0.2, 0.25) is 0 Å². The fourth-order valence-electron chi connectivity index (χ4n) is 1.73. The standard InChI is InChI=1S/C14H18N2O4/c1-3-5-12(14(19)20)16-13(18)10-6-4-7-11(8-10)15-9(2)17/h4,6-8,12H,3,5H2,1-2H3,(H,15,17)(H,16,18)(H,19,20)/t12-/m1/s1. The zero-order valence-electron chi connectivity index (χ0n) is 11.5. The fraction of sp³-hybridized carbons (Fsp3) is 0.357. The predicted octanol–water partition coefficient (Wildman–Crippen LogP) is 1.63. The van der Waals surface area contributed by atoms with Crippen molar-refractivity contribution in [2.24, 2.45) is 0 Å². The first kappa shape index (κ1) is 15.7. The highest BCUT2D eigenvalue weighted by molar-refractivity contribution is 5.98. The minimum absolute atomic E-state index is 0.239. The molecule has 1 rings (SSSR count). The van der Waals surface area contributed by atoms with Crippen molar-refractivity contribution in [1.29, 1.82) is 0 Å². The molecule has 0 bridgehead atoms. The van der Waals surface area contributed by atoms with Crippen LogP contribution < -0.4 is 10.6 Å². The Kier molecular flexibility index (Phi) is 5.71. The molecular weight excluding hydrogens is 260 g/mol. The molecule has 0 saturated carbocycles. The van der Waals surface area contributed by atoms with Crippen molar-refractivity contribution in [3.05, 3.63) is 29.8 Å². The van der Waals surface area contributed by atoms with E-state index in [0.717, 1.165) is 0 Å². The minimum atomic E-state index is -1.06. The maximum Gasteiger partial charge on any atom is 0.326 e. The smallest absolute Gasteiger partial charge is 0.326 e. The third-order valence-electron chi connectivity index (χ3n) is 2.63. The Balaban J connectivity index is 2.80. The number of carboxylic acid groups (broad SMARTS) is 1. The molecule has 3 N–H and O–H groups in total. The lowest BCUT2D eigenvalue weighted by molar-refractivity contribution is -0.139. The van der Waals surface area contributed by atoms with Crippen LogP contribution in [0.1, 0.15) is 37.0 Å². The molecule has 0 saturated heterocycles. The van der Waals surface area contributed by atoms with Gasteiger partial charge in [-0.15, -0.1) is 0 Å². The zero-order valence-corrected chi connectivity index (χ0v) is 11.5. The molecule has 2 amide bonds. The van der Waals surface area contributed by atoms with Gasteiger partial charge in [0, 0.05) is 18.2 Å². The summed E-state index contributed by atoms with van der Waals surface area (Å²) in [5.41, 5.74) is 0.797. The number of anilines is 1. The van der Waals surface area contributed by atoms with Gasteiger partial charge in [0.2, 0.25) is 5.91 Å². The van der Waals surface area contributed by atoms with Gasteiger partial charge in [0.15, 0.2) is 0 Å². The number of hydrogen-bond donors (Lipinski definition) is 3. The molecule has 0 radical (unpaired) electrons. The van der Waals surface area contributed by atoms with Crippen molar-refractivity contribution in [3.8, 4) is 0 Å². The molecule has 1 atom stereocenters. The maximum atomic E-state index is 12.0. The van der Waals surface area contributed by atoms with Gasteiger partial charge in [-0.3, -0.25) is 9.59 Å². The van der Waals surface area contributed by atoms with Crippen molar-refractivity contribution >= 4 is 23.5 Å². The molecule has 0 heterocycles. The molecule has 1 aromatic rings. The van der Waals surface area contributed by atoms with Crippen LogP contribution in [0.3, 0.4) is 0 Å². The summed E-state index contributed by atoms with van der Waals surface area (Å²) < 4.78 is 0. The van der Waals surface area contributed by atoms with Crippen molar-refractivity contribution < 1.29 is 19.5 Å². The van der Waals surface area contributed by atoms with Crippen LogP contribution in [-0.2, 0) is 9.59 Å². The van der Waals surface area contributed by atoms with Gasteiger partial charge in [-0.05, 0) is 24.6 Å². The van der Waals surface area contributed by atoms with Gasteiger partial charge in [-0.25, -0.2) is 4.79 Å². The summed E-state index contributed by atoms with van der Waals surface area (Å²) in [7, 11) is 0. The Bertz CT molecular complexity index is 514. The first-order chi connectivity index (χ1) is 9.43. The largest absolute Gasteiger partial charge is 0.480 e. The average Bonchev–Trinajstić information content (AvgIpc) is 2.37. The van der Waals surface area contributed by atoms with Crippen LogP contribution in [0.5, 0.6) is 0 Å². The number of benzene rings is 1. The number of aliphatic carboxylic acids is 1. The van der Waals surface area contributed by atoms with E-state index in [1.165, 1.54) is 13.0 Å². The highest BCUT2D eigenvalue weighted by Gasteiger charge is 2.19. The van der Waals surface area contributed by atoms with E-state index in [9.17, 15) is 14.4 Å². The van der Waals surface area contributed by atoms with E-state index in [-0.39, 0.29) is 5.91 Å². The third-order valence-corrected chi connectivity index (χ3v) is 2.63. The van der Waals surface area contributed by atoms with Crippen molar-refractivity contribution in [2.45, 2.75) is 32.7 Å². The normalized spacial score (nSPS) is 11.5. The van der Waals surface area contributed by atoms with Gasteiger partial charge >= 0.3 is 5.97 Å². The van der Waals surface area contributed by atoms with Crippen LogP contribution in [0, 0.1) is 0 Å². The third kappa shape index (κ3) is 4.72. The first-order valence-electron chi connectivity index (χ1n) is 6.35. The summed E-state index contributed by atoms with van der Waals surface area (Å²) in [5.74, 6) is -1.77. The Morgan fingerprint density at radius 3 is 2.55 bits per heavy atom. The second kappa shape index (κ2) is 7.28. The number of hydrogen-bond acceptors (Lipinski definition) is 3. The molecule has 0 unspecified atom stereocenters. The van der Waals surface area contributed by atoms with Crippen molar-refractivity contribution in [2.75, 3.05) is 5.32 Å². The molecule has 6 heteroatoms. The lowest BCUT2D eigenvalue weighted by Crippen LogP contribution is -2.40. The summed E-state index contributed by atoms with van der Waals surface area (Å²) in [4.78, 5) is 33.9. The monoisotopic (exact) mass is 278 g/mol. The lowest BCUT2D eigenvalue weighted by Gasteiger charge is -2.14. The summed E-state index contributed by atoms with van der Waals surface area (Å²) in [6.45, 7) is 3.22. The van der Waals surface area contributed by atoms with E-state index < -0.39 is 17.9 Å². The van der Waals surface area contributed by atoms with E-state index in [0.29, 0.717) is 24.1 Å². The molecule has 20 heavy (non-hydrogen) atoms.